The molecule has 3 N–H and O–H groups in total. The Hall–Kier alpha value is -0.650. The smallest absolute Gasteiger partial charge is 0.221 e. The predicted octanol–water partition coefficient (Wildman–Crippen LogP) is -0.112. The minimum atomic E-state index is -0.501. The van der Waals surface area contributed by atoms with Crippen LogP contribution in [-0.4, -0.2) is 50.0 Å². The molecule has 16 heavy (non-hydrogen) atoms. The van der Waals surface area contributed by atoms with Gasteiger partial charge in [0.15, 0.2) is 0 Å². The van der Waals surface area contributed by atoms with Crippen LogP contribution in [0.3, 0.4) is 0 Å². The summed E-state index contributed by atoms with van der Waals surface area (Å²) >= 11 is 0. The van der Waals surface area contributed by atoms with Gasteiger partial charge in [-0.25, -0.2) is 0 Å². The minimum absolute atomic E-state index is 0.0118. The summed E-state index contributed by atoms with van der Waals surface area (Å²) in [4.78, 5) is 11.3. The van der Waals surface area contributed by atoms with Gasteiger partial charge in [0, 0.05) is 32.7 Å². The van der Waals surface area contributed by atoms with E-state index in [4.69, 9.17) is 4.74 Å². The Morgan fingerprint density at radius 2 is 2.06 bits per heavy atom. The van der Waals surface area contributed by atoms with Gasteiger partial charge in [0.25, 0.3) is 0 Å². The lowest BCUT2D eigenvalue weighted by atomic mass is 10.2. The highest BCUT2D eigenvalue weighted by Crippen LogP contribution is 1.90. The van der Waals surface area contributed by atoms with Crippen molar-refractivity contribution in [1.29, 1.82) is 0 Å². The molecule has 1 unspecified atom stereocenters. The normalized spacial score (nSPS) is 12.8. The van der Waals surface area contributed by atoms with Gasteiger partial charge in [-0.05, 0) is 6.42 Å². The summed E-state index contributed by atoms with van der Waals surface area (Å²) in [6.45, 7) is 5.57. The van der Waals surface area contributed by atoms with Crippen molar-refractivity contribution in [3.05, 3.63) is 0 Å². The first-order valence-corrected chi connectivity index (χ1v) is 5.73. The number of nitrogens with one attached hydrogen (secondary N) is 2. The third-order valence-corrected chi connectivity index (χ3v) is 2.06. The van der Waals surface area contributed by atoms with Gasteiger partial charge in [-0.2, -0.15) is 0 Å². The molecule has 96 valence electrons. The van der Waals surface area contributed by atoms with E-state index in [0.29, 0.717) is 38.6 Å². The number of ether oxygens (including phenoxy) is 1. The zero-order valence-corrected chi connectivity index (χ0v) is 10.5. The van der Waals surface area contributed by atoms with Crippen LogP contribution in [0.4, 0.5) is 0 Å². The standard InChI is InChI=1S/C11H24N2O3/c1-9(2)12-7-5-11(15)13-6-4-10(14)8-16-3/h9-10,12,14H,4-8H2,1-3H3,(H,13,15). The number of carbonyl (C=O) groups excluding carboxylic acids is 1. The van der Waals surface area contributed by atoms with Crippen LogP contribution in [-0.2, 0) is 9.53 Å². The highest BCUT2D eigenvalue weighted by molar-refractivity contribution is 5.75. The van der Waals surface area contributed by atoms with E-state index < -0.39 is 6.10 Å². The molecule has 5 heteroatoms. The molecule has 0 saturated carbocycles. The third kappa shape index (κ3) is 9.89. The first-order chi connectivity index (χ1) is 7.56. The summed E-state index contributed by atoms with van der Waals surface area (Å²) in [5.74, 6) is 0.0118. The van der Waals surface area contributed by atoms with Crippen molar-refractivity contribution >= 4 is 5.91 Å². The molecule has 0 aromatic rings. The van der Waals surface area contributed by atoms with E-state index in [1.54, 1.807) is 7.11 Å². The Labute approximate surface area is 97.6 Å². The topological polar surface area (TPSA) is 70.6 Å². The summed E-state index contributed by atoms with van der Waals surface area (Å²) < 4.78 is 4.78. The summed E-state index contributed by atoms with van der Waals surface area (Å²) in [5.41, 5.74) is 0. The molecular weight excluding hydrogens is 208 g/mol. The SMILES string of the molecule is COCC(O)CCNC(=O)CCNC(C)C. The quantitative estimate of drug-likeness (QED) is 0.519. The second-order valence-corrected chi connectivity index (χ2v) is 4.11. The number of hydrogen-bond acceptors (Lipinski definition) is 4. The first kappa shape index (κ1) is 15.3. The maximum Gasteiger partial charge on any atom is 0.221 e. The van der Waals surface area contributed by atoms with Gasteiger partial charge in [-0.15, -0.1) is 0 Å². The molecule has 0 spiro atoms. The number of carbonyl (C=O) groups is 1. The van der Waals surface area contributed by atoms with Crippen molar-refractivity contribution in [3.8, 4) is 0 Å². The number of amides is 1. The molecule has 0 saturated heterocycles. The molecule has 0 aromatic heterocycles. The van der Waals surface area contributed by atoms with Crippen molar-refractivity contribution in [2.24, 2.45) is 0 Å². The molecule has 0 bridgehead atoms. The molecule has 0 aliphatic rings. The maximum atomic E-state index is 11.3. The lowest BCUT2D eigenvalue weighted by Crippen LogP contribution is -2.32. The second kappa shape index (κ2) is 9.57. The van der Waals surface area contributed by atoms with Crippen LogP contribution < -0.4 is 10.6 Å². The largest absolute Gasteiger partial charge is 0.391 e. The van der Waals surface area contributed by atoms with E-state index in [2.05, 4.69) is 10.6 Å². The molecular formula is C11H24N2O3. The van der Waals surface area contributed by atoms with Crippen molar-refractivity contribution in [3.63, 3.8) is 0 Å². The monoisotopic (exact) mass is 232 g/mol. The number of hydrogen-bond donors (Lipinski definition) is 3. The number of methoxy groups -OCH3 is 1. The molecule has 1 amide bonds. The van der Waals surface area contributed by atoms with Crippen LogP contribution in [0, 0.1) is 0 Å². The van der Waals surface area contributed by atoms with Crippen LogP contribution in [0.5, 0.6) is 0 Å². The van der Waals surface area contributed by atoms with Gasteiger partial charge in [0.2, 0.25) is 5.91 Å². The summed E-state index contributed by atoms with van der Waals surface area (Å²) in [6.07, 6.45) is 0.495. The Balaban J connectivity index is 3.36. The van der Waals surface area contributed by atoms with Crippen LogP contribution in [0.25, 0.3) is 0 Å². The molecule has 0 aliphatic carbocycles. The molecule has 0 aliphatic heterocycles. The zero-order valence-electron chi connectivity index (χ0n) is 10.5. The maximum absolute atomic E-state index is 11.3. The Bertz CT molecular complexity index is 186. The number of aliphatic hydroxyl groups excluding tert-OH is 1. The Morgan fingerprint density at radius 3 is 2.62 bits per heavy atom. The van der Waals surface area contributed by atoms with E-state index in [1.807, 2.05) is 13.8 Å². The van der Waals surface area contributed by atoms with Gasteiger partial charge < -0.3 is 20.5 Å². The van der Waals surface area contributed by atoms with Gasteiger partial charge in [-0.1, -0.05) is 13.8 Å². The fraction of sp³-hybridized carbons (Fsp3) is 0.909. The fourth-order valence-electron chi connectivity index (χ4n) is 1.22. The second-order valence-electron chi connectivity index (χ2n) is 4.11. The molecule has 0 heterocycles. The molecule has 0 fully saturated rings. The van der Waals surface area contributed by atoms with Crippen molar-refractivity contribution < 1.29 is 14.6 Å². The van der Waals surface area contributed by atoms with Crippen molar-refractivity contribution in [1.82, 2.24) is 10.6 Å². The van der Waals surface area contributed by atoms with E-state index in [-0.39, 0.29) is 5.91 Å². The number of rotatable bonds is 9. The highest BCUT2D eigenvalue weighted by atomic mass is 16.5. The number of aliphatic hydroxyl groups is 1. The van der Waals surface area contributed by atoms with Gasteiger partial charge in [-0.3, -0.25) is 4.79 Å². The van der Waals surface area contributed by atoms with Gasteiger partial charge >= 0.3 is 0 Å². The predicted molar refractivity (Wildman–Crippen MR) is 63.3 cm³/mol. The van der Waals surface area contributed by atoms with Crippen LogP contribution in [0.15, 0.2) is 0 Å². The fourth-order valence-corrected chi connectivity index (χ4v) is 1.22. The highest BCUT2D eigenvalue weighted by Gasteiger charge is 2.05. The van der Waals surface area contributed by atoms with Crippen molar-refractivity contribution in [2.45, 2.75) is 38.8 Å². The van der Waals surface area contributed by atoms with E-state index in [1.165, 1.54) is 0 Å². The van der Waals surface area contributed by atoms with Crippen LogP contribution in [0.1, 0.15) is 26.7 Å². The lowest BCUT2D eigenvalue weighted by Gasteiger charge is -2.11. The molecule has 0 aromatic carbocycles. The van der Waals surface area contributed by atoms with E-state index >= 15 is 0 Å². The first-order valence-electron chi connectivity index (χ1n) is 5.73. The summed E-state index contributed by atoms with van der Waals surface area (Å²) in [5, 5.41) is 15.2. The Morgan fingerprint density at radius 1 is 1.38 bits per heavy atom. The van der Waals surface area contributed by atoms with Crippen molar-refractivity contribution in [2.75, 3.05) is 26.8 Å². The third-order valence-electron chi connectivity index (χ3n) is 2.06. The minimum Gasteiger partial charge on any atom is -0.391 e. The molecule has 0 rings (SSSR count). The summed E-state index contributed by atoms with van der Waals surface area (Å²) in [6, 6.07) is 0.399. The molecule has 5 nitrogen and oxygen atoms in total. The van der Waals surface area contributed by atoms with Gasteiger partial charge in [0.1, 0.15) is 0 Å². The average molecular weight is 232 g/mol. The molecule has 0 radical (unpaired) electrons. The zero-order chi connectivity index (χ0) is 12.4. The van der Waals surface area contributed by atoms with Crippen LogP contribution >= 0.6 is 0 Å². The molecule has 1 atom stereocenters. The van der Waals surface area contributed by atoms with Gasteiger partial charge in [0.05, 0.1) is 12.7 Å². The average Bonchev–Trinajstić information content (AvgIpc) is 2.17. The van der Waals surface area contributed by atoms with Crippen LogP contribution in [0.2, 0.25) is 0 Å². The lowest BCUT2D eigenvalue weighted by molar-refractivity contribution is -0.121. The van der Waals surface area contributed by atoms with E-state index in [9.17, 15) is 9.90 Å². The summed E-state index contributed by atoms with van der Waals surface area (Å²) in [7, 11) is 1.54. The van der Waals surface area contributed by atoms with E-state index in [0.717, 1.165) is 0 Å². The Kier molecular flexibility index (Phi) is 9.18.